The molecule has 0 N–H and O–H groups in total. The Hall–Kier alpha value is -1.78. The number of rotatable bonds is 9. The molecule has 1 aliphatic carbocycles. The maximum Gasteiger partial charge on any atom is 0.226 e. The molecular formula is C22H29ClN2O2. The van der Waals surface area contributed by atoms with Crippen LogP contribution in [-0.4, -0.2) is 35.6 Å². The summed E-state index contributed by atoms with van der Waals surface area (Å²) in [5.74, 6) is 0.494. The van der Waals surface area contributed by atoms with Crippen molar-refractivity contribution in [3.05, 3.63) is 58.9 Å². The molecule has 0 atom stereocenters. The number of methoxy groups -OCH3 is 1. The fraction of sp³-hybridized carbons (Fsp3) is 0.500. The summed E-state index contributed by atoms with van der Waals surface area (Å²) < 4.78 is 7.38. The van der Waals surface area contributed by atoms with Gasteiger partial charge in [0.25, 0.3) is 0 Å². The largest absolute Gasteiger partial charge is 0.385 e. The van der Waals surface area contributed by atoms with Gasteiger partial charge < -0.3 is 14.2 Å². The molecule has 1 amide bonds. The summed E-state index contributed by atoms with van der Waals surface area (Å²) in [4.78, 5) is 15.1. The Morgan fingerprint density at radius 2 is 2.00 bits per heavy atom. The molecule has 0 aliphatic heterocycles. The lowest BCUT2D eigenvalue weighted by molar-refractivity contribution is -0.136. The molecule has 0 spiro atoms. The maximum atomic E-state index is 13.0. The van der Waals surface area contributed by atoms with E-state index in [1.54, 1.807) is 7.11 Å². The average molecular weight is 389 g/mol. The number of nitrogens with zero attached hydrogens (tertiary/aromatic N) is 2. The van der Waals surface area contributed by atoms with Crippen LogP contribution in [0.2, 0.25) is 5.02 Å². The van der Waals surface area contributed by atoms with E-state index in [-0.39, 0.29) is 5.92 Å². The molecular weight excluding hydrogens is 360 g/mol. The maximum absolute atomic E-state index is 13.0. The van der Waals surface area contributed by atoms with E-state index in [1.807, 2.05) is 35.2 Å². The van der Waals surface area contributed by atoms with Gasteiger partial charge in [-0.05, 0) is 43.0 Å². The van der Waals surface area contributed by atoms with E-state index in [9.17, 15) is 4.79 Å². The van der Waals surface area contributed by atoms with Crippen LogP contribution in [0, 0.1) is 5.92 Å². The Labute approximate surface area is 167 Å². The van der Waals surface area contributed by atoms with E-state index in [0.717, 1.165) is 42.1 Å². The minimum atomic E-state index is 0.194. The molecule has 1 saturated carbocycles. The van der Waals surface area contributed by atoms with Crippen molar-refractivity contribution in [2.45, 2.75) is 45.2 Å². The monoisotopic (exact) mass is 388 g/mol. The molecule has 1 aromatic heterocycles. The van der Waals surface area contributed by atoms with Crippen LogP contribution in [0.1, 0.15) is 43.4 Å². The lowest BCUT2D eigenvalue weighted by atomic mass is 10.1. The van der Waals surface area contributed by atoms with Crippen molar-refractivity contribution in [1.82, 2.24) is 9.47 Å². The Morgan fingerprint density at radius 3 is 2.74 bits per heavy atom. The van der Waals surface area contributed by atoms with Crippen molar-refractivity contribution in [1.29, 1.82) is 0 Å². The molecule has 0 saturated heterocycles. The number of aromatic nitrogens is 1. The Morgan fingerprint density at radius 1 is 1.22 bits per heavy atom. The number of ether oxygens (including phenoxy) is 1. The third-order valence-corrected chi connectivity index (χ3v) is 5.74. The van der Waals surface area contributed by atoms with Crippen LogP contribution < -0.4 is 0 Å². The lowest BCUT2D eigenvalue weighted by Gasteiger charge is -2.26. The zero-order valence-electron chi connectivity index (χ0n) is 16.1. The van der Waals surface area contributed by atoms with E-state index >= 15 is 0 Å². The first-order valence-corrected chi connectivity index (χ1v) is 10.2. The number of hydrogen-bond donors (Lipinski definition) is 0. The Kier molecular flexibility index (Phi) is 7.36. The second-order valence-electron chi connectivity index (χ2n) is 7.31. The topological polar surface area (TPSA) is 34.5 Å². The van der Waals surface area contributed by atoms with Gasteiger partial charge in [0.05, 0.1) is 6.54 Å². The first kappa shape index (κ1) is 20.0. The molecule has 146 valence electrons. The van der Waals surface area contributed by atoms with Gasteiger partial charge >= 0.3 is 0 Å². The van der Waals surface area contributed by atoms with Crippen molar-refractivity contribution in [3.8, 4) is 0 Å². The molecule has 0 unspecified atom stereocenters. The molecule has 1 aromatic carbocycles. The van der Waals surface area contributed by atoms with Crippen LogP contribution in [0.15, 0.2) is 42.6 Å². The van der Waals surface area contributed by atoms with Gasteiger partial charge in [0.2, 0.25) is 5.91 Å². The van der Waals surface area contributed by atoms with Crippen molar-refractivity contribution in [3.63, 3.8) is 0 Å². The van der Waals surface area contributed by atoms with E-state index < -0.39 is 0 Å². The average Bonchev–Trinajstić information content (AvgIpc) is 3.35. The first-order valence-electron chi connectivity index (χ1n) is 9.84. The second kappa shape index (κ2) is 9.95. The molecule has 0 radical (unpaired) electrons. The highest BCUT2D eigenvalue weighted by Crippen LogP contribution is 2.27. The number of benzene rings is 1. The van der Waals surface area contributed by atoms with E-state index in [1.165, 1.54) is 12.8 Å². The highest BCUT2D eigenvalue weighted by Gasteiger charge is 2.27. The van der Waals surface area contributed by atoms with Crippen LogP contribution in [0.5, 0.6) is 0 Å². The summed E-state index contributed by atoms with van der Waals surface area (Å²) >= 11 is 6.33. The van der Waals surface area contributed by atoms with Gasteiger partial charge in [0.1, 0.15) is 0 Å². The van der Waals surface area contributed by atoms with Crippen molar-refractivity contribution in [2.75, 3.05) is 20.3 Å². The van der Waals surface area contributed by atoms with Crippen LogP contribution in [0.4, 0.5) is 0 Å². The number of hydrogen-bond acceptors (Lipinski definition) is 2. The highest BCUT2D eigenvalue weighted by atomic mass is 35.5. The van der Waals surface area contributed by atoms with Gasteiger partial charge in [0.15, 0.2) is 0 Å². The minimum absolute atomic E-state index is 0.194. The Balaban J connectivity index is 1.72. The summed E-state index contributed by atoms with van der Waals surface area (Å²) in [7, 11) is 1.71. The van der Waals surface area contributed by atoms with Gasteiger partial charge in [-0.1, -0.05) is 42.6 Å². The predicted molar refractivity (Wildman–Crippen MR) is 109 cm³/mol. The molecule has 5 heteroatoms. The number of halogens is 1. The SMILES string of the molecule is COCCCN(Cc1cccn1Cc1ccccc1Cl)C(=O)C1CCCC1. The van der Waals surface area contributed by atoms with E-state index in [0.29, 0.717) is 25.6 Å². The summed E-state index contributed by atoms with van der Waals surface area (Å²) in [5.41, 5.74) is 2.23. The minimum Gasteiger partial charge on any atom is -0.385 e. The lowest BCUT2D eigenvalue weighted by Crippen LogP contribution is -2.36. The summed E-state index contributed by atoms with van der Waals surface area (Å²) in [5, 5.41) is 0.774. The molecule has 4 nitrogen and oxygen atoms in total. The van der Waals surface area contributed by atoms with Gasteiger partial charge in [-0.15, -0.1) is 0 Å². The normalized spacial score (nSPS) is 14.6. The van der Waals surface area contributed by atoms with Crippen LogP contribution in [0.25, 0.3) is 0 Å². The fourth-order valence-electron chi connectivity index (χ4n) is 3.85. The smallest absolute Gasteiger partial charge is 0.226 e. The number of amides is 1. The van der Waals surface area contributed by atoms with Crippen molar-refractivity contribution < 1.29 is 9.53 Å². The molecule has 2 aromatic rings. The van der Waals surface area contributed by atoms with Gasteiger partial charge in [0, 0.05) is 49.6 Å². The third kappa shape index (κ3) is 5.36. The standard InChI is InChI=1S/C22H29ClN2O2/c1-27-15-7-14-25(22(26)18-8-2-3-9-18)17-20-11-6-13-24(20)16-19-10-4-5-12-21(19)23/h4-6,10-13,18H,2-3,7-9,14-17H2,1H3. The quantitative estimate of drug-likeness (QED) is 0.581. The fourth-order valence-corrected chi connectivity index (χ4v) is 4.05. The molecule has 27 heavy (non-hydrogen) atoms. The highest BCUT2D eigenvalue weighted by molar-refractivity contribution is 6.31. The van der Waals surface area contributed by atoms with Crippen molar-refractivity contribution >= 4 is 17.5 Å². The van der Waals surface area contributed by atoms with Crippen LogP contribution in [0.3, 0.4) is 0 Å². The van der Waals surface area contributed by atoms with Gasteiger partial charge in [-0.2, -0.15) is 0 Å². The van der Waals surface area contributed by atoms with E-state index in [2.05, 4.69) is 16.8 Å². The molecule has 3 rings (SSSR count). The zero-order chi connectivity index (χ0) is 19.1. The molecule has 1 aliphatic rings. The number of carbonyl (C=O) groups is 1. The predicted octanol–water partition coefficient (Wildman–Crippen LogP) is 4.75. The van der Waals surface area contributed by atoms with Crippen LogP contribution >= 0.6 is 11.6 Å². The van der Waals surface area contributed by atoms with E-state index in [4.69, 9.17) is 16.3 Å². The first-order chi connectivity index (χ1) is 13.2. The van der Waals surface area contributed by atoms with Crippen LogP contribution in [-0.2, 0) is 22.6 Å². The van der Waals surface area contributed by atoms with Gasteiger partial charge in [-0.25, -0.2) is 0 Å². The van der Waals surface area contributed by atoms with Gasteiger partial charge in [-0.3, -0.25) is 4.79 Å². The number of carbonyl (C=O) groups excluding carboxylic acids is 1. The molecule has 1 fully saturated rings. The van der Waals surface area contributed by atoms with Crippen molar-refractivity contribution in [2.24, 2.45) is 5.92 Å². The molecule has 0 bridgehead atoms. The molecule has 1 heterocycles. The third-order valence-electron chi connectivity index (χ3n) is 5.37. The summed E-state index contributed by atoms with van der Waals surface area (Å²) in [6, 6.07) is 12.1. The zero-order valence-corrected chi connectivity index (χ0v) is 16.8. The second-order valence-corrected chi connectivity index (χ2v) is 7.71. The summed E-state index contributed by atoms with van der Waals surface area (Å²) in [6.07, 6.45) is 7.32. The summed E-state index contributed by atoms with van der Waals surface area (Å²) in [6.45, 7) is 2.76. The Bertz CT molecular complexity index is 737.